The Bertz CT molecular complexity index is 1240. The first kappa shape index (κ1) is 15.8. The van der Waals surface area contributed by atoms with Crippen LogP contribution < -0.4 is 0 Å². The number of hydrogen-bond donors (Lipinski definition) is 0. The van der Waals surface area contributed by atoms with Crippen LogP contribution in [0.25, 0.3) is 33.7 Å². The largest absolute Gasteiger partial charge is 0.315 e. The Labute approximate surface area is 160 Å². The normalized spacial score (nSPS) is 11.1. The molecule has 0 saturated heterocycles. The van der Waals surface area contributed by atoms with E-state index in [1.54, 1.807) is 17.1 Å². The molecule has 4 heterocycles. The van der Waals surface area contributed by atoms with Crippen molar-refractivity contribution in [1.82, 2.24) is 24.3 Å². The summed E-state index contributed by atoms with van der Waals surface area (Å²) in [6, 6.07) is 17.7. The number of aromatic nitrogens is 5. The Morgan fingerprint density at radius 3 is 2.74 bits per heavy atom. The number of hydrogen-bond acceptors (Lipinski definition) is 3. The molecule has 5 aromatic rings. The van der Waals surface area contributed by atoms with Crippen molar-refractivity contribution in [2.75, 3.05) is 0 Å². The van der Waals surface area contributed by atoms with Crippen molar-refractivity contribution in [1.29, 1.82) is 0 Å². The molecular weight excluding hydrogens is 358 g/mol. The summed E-state index contributed by atoms with van der Waals surface area (Å²) in [5.74, 6) is 0.772. The van der Waals surface area contributed by atoms with Gasteiger partial charge in [0.2, 0.25) is 0 Å². The standard InChI is InChI=1S/C21H14ClN5/c22-17-11-16(19-6-10-27(25-19)21-3-1-2-7-24-21)12-18(13-17)26-9-5-15-4-8-23-14-20(15)26/h1-14H. The third-order valence-electron chi connectivity index (χ3n) is 4.43. The van der Waals surface area contributed by atoms with E-state index in [-0.39, 0.29) is 0 Å². The molecule has 5 rings (SSSR count). The van der Waals surface area contributed by atoms with Crippen molar-refractivity contribution in [3.63, 3.8) is 0 Å². The van der Waals surface area contributed by atoms with Gasteiger partial charge in [0.15, 0.2) is 5.82 Å². The Balaban J connectivity index is 1.60. The van der Waals surface area contributed by atoms with E-state index in [4.69, 9.17) is 11.6 Å². The lowest BCUT2D eigenvalue weighted by atomic mass is 10.1. The van der Waals surface area contributed by atoms with Gasteiger partial charge in [0, 0.05) is 46.4 Å². The fourth-order valence-corrected chi connectivity index (χ4v) is 3.38. The smallest absolute Gasteiger partial charge is 0.153 e. The molecule has 0 aliphatic carbocycles. The average molecular weight is 372 g/mol. The molecule has 0 amide bonds. The maximum absolute atomic E-state index is 6.42. The third-order valence-corrected chi connectivity index (χ3v) is 4.64. The molecule has 5 nitrogen and oxygen atoms in total. The highest BCUT2D eigenvalue weighted by Crippen LogP contribution is 2.28. The van der Waals surface area contributed by atoms with Crippen LogP contribution in [0.15, 0.2) is 85.6 Å². The van der Waals surface area contributed by atoms with Gasteiger partial charge < -0.3 is 4.57 Å². The number of fused-ring (bicyclic) bond motifs is 1. The molecule has 0 saturated carbocycles. The first-order valence-electron chi connectivity index (χ1n) is 8.47. The summed E-state index contributed by atoms with van der Waals surface area (Å²) in [5.41, 5.74) is 3.77. The van der Waals surface area contributed by atoms with Crippen LogP contribution in [0.5, 0.6) is 0 Å². The molecule has 6 heteroatoms. The highest BCUT2D eigenvalue weighted by molar-refractivity contribution is 6.31. The Hall–Kier alpha value is -3.44. The zero-order valence-electron chi connectivity index (χ0n) is 14.2. The van der Waals surface area contributed by atoms with Crippen molar-refractivity contribution < 1.29 is 0 Å². The van der Waals surface area contributed by atoms with Crippen LogP contribution in [-0.2, 0) is 0 Å². The van der Waals surface area contributed by atoms with Crippen LogP contribution in [0.2, 0.25) is 5.02 Å². The van der Waals surface area contributed by atoms with E-state index in [9.17, 15) is 0 Å². The molecule has 0 bridgehead atoms. The summed E-state index contributed by atoms with van der Waals surface area (Å²) in [4.78, 5) is 8.56. The van der Waals surface area contributed by atoms with E-state index in [1.165, 1.54) is 0 Å². The predicted octanol–water partition coefficient (Wildman–Crippen LogP) is 4.93. The van der Waals surface area contributed by atoms with E-state index in [2.05, 4.69) is 31.8 Å². The molecule has 130 valence electrons. The molecule has 0 aliphatic heterocycles. The topological polar surface area (TPSA) is 48.5 Å². The van der Waals surface area contributed by atoms with E-state index in [0.717, 1.165) is 33.7 Å². The van der Waals surface area contributed by atoms with Crippen LogP contribution in [-0.4, -0.2) is 24.3 Å². The summed E-state index contributed by atoms with van der Waals surface area (Å²) in [5, 5.41) is 6.43. The SMILES string of the molecule is Clc1cc(-c2ccn(-c3ccccn3)n2)cc(-n2ccc3ccncc32)c1. The molecule has 1 aromatic carbocycles. The third kappa shape index (κ3) is 2.88. The minimum Gasteiger partial charge on any atom is -0.315 e. The zero-order valence-corrected chi connectivity index (χ0v) is 15.0. The summed E-state index contributed by atoms with van der Waals surface area (Å²) in [7, 11) is 0. The molecule has 27 heavy (non-hydrogen) atoms. The number of rotatable bonds is 3. The first-order valence-corrected chi connectivity index (χ1v) is 8.85. The minimum absolute atomic E-state index is 0.653. The first-order chi connectivity index (χ1) is 13.3. The van der Waals surface area contributed by atoms with Crippen LogP contribution in [0, 0.1) is 0 Å². The molecule has 0 aliphatic rings. The predicted molar refractivity (Wildman–Crippen MR) is 106 cm³/mol. The van der Waals surface area contributed by atoms with Gasteiger partial charge in [0.25, 0.3) is 0 Å². The molecule has 0 spiro atoms. The Morgan fingerprint density at radius 2 is 1.85 bits per heavy atom. The number of nitrogens with zero attached hydrogens (tertiary/aromatic N) is 5. The fraction of sp³-hybridized carbons (Fsp3) is 0. The Morgan fingerprint density at radius 1 is 0.889 bits per heavy atom. The fourth-order valence-electron chi connectivity index (χ4n) is 3.16. The lowest BCUT2D eigenvalue weighted by Gasteiger charge is -2.08. The summed E-state index contributed by atoms with van der Waals surface area (Å²) < 4.78 is 3.83. The summed E-state index contributed by atoms with van der Waals surface area (Å²) in [6.45, 7) is 0. The van der Waals surface area contributed by atoms with Crippen LogP contribution in [0.1, 0.15) is 0 Å². The highest BCUT2D eigenvalue weighted by atomic mass is 35.5. The quantitative estimate of drug-likeness (QED) is 0.452. The van der Waals surface area contributed by atoms with Gasteiger partial charge in [-0.1, -0.05) is 17.7 Å². The number of halogens is 1. The van der Waals surface area contributed by atoms with Crippen molar-refractivity contribution in [2.45, 2.75) is 0 Å². The van der Waals surface area contributed by atoms with E-state index < -0.39 is 0 Å². The summed E-state index contributed by atoms with van der Waals surface area (Å²) in [6.07, 6.45) is 9.31. The second-order valence-electron chi connectivity index (χ2n) is 6.15. The van der Waals surface area contributed by atoms with Gasteiger partial charge in [0.05, 0.1) is 17.4 Å². The van der Waals surface area contributed by atoms with E-state index in [0.29, 0.717) is 5.02 Å². The average Bonchev–Trinajstić information content (AvgIpc) is 3.36. The molecule has 0 atom stereocenters. The zero-order chi connectivity index (χ0) is 18.2. The van der Waals surface area contributed by atoms with Crippen molar-refractivity contribution in [3.8, 4) is 22.8 Å². The number of pyridine rings is 2. The van der Waals surface area contributed by atoms with E-state index >= 15 is 0 Å². The molecule has 4 aromatic heterocycles. The maximum Gasteiger partial charge on any atom is 0.153 e. The van der Waals surface area contributed by atoms with Crippen LogP contribution >= 0.6 is 11.6 Å². The molecular formula is C21H14ClN5. The second-order valence-corrected chi connectivity index (χ2v) is 6.59. The molecule has 0 radical (unpaired) electrons. The van der Waals surface area contributed by atoms with Gasteiger partial charge in [-0.25, -0.2) is 9.67 Å². The second kappa shape index (κ2) is 6.37. The monoisotopic (exact) mass is 371 g/mol. The van der Waals surface area contributed by atoms with Crippen LogP contribution in [0.4, 0.5) is 0 Å². The van der Waals surface area contributed by atoms with Gasteiger partial charge in [0.1, 0.15) is 0 Å². The molecule has 0 fully saturated rings. The molecule has 0 N–H and O–H groups in total. The van der Waals surface area contributed by atoms with Gasteiger partial charge >= 0.3 is 0 Å². The van der Waals surface area contributed by atoms with Crippen molar-refractivity contribution >= 4 is 22.5 Å². The van der Waals surface area contributed by atoms with Crippen LogP contribution in [0.3, 0.4) is 0 Å². The molecule has 0 unspecified atom stereocenters. The Kier molecular flexibility index (Phi) is 3.73. The minimum atomic E-state index is 0.653. The lowest BCUT2D eigenvalue weighted by Crippen LogP contribution is -1.97. The van der Waals surface area contributed by atoms with Gasteiger partial charge in [-0.15, -0.1) is 0 Å². The van der Waals surface area contributed by atoms with E-state index in [1.807, 2.05) is 61.1 Å². The lowest BCUT2D eigenvalue weighted by molar-refractivity contribution is 0.850. The van der Waals surface area contributed by atoms with Gasteiger partial charge in [-0.2, -0.15) is 5.10 Å². The van der Waals surface area contributed by atoms with Crippen molar-refractivity contribution in [2.24, 2.45) is 0 Å². The van der Waals surface area contributed by atoms with Crippen molar-refractivity contribution in [3.05, 3.63) is 90.6 Å². The number of benzene rings is 1. The van der Waals surface area contributed by atoms with Gasteiger partial charge in [-0.05, 0) is 48.5 Å². The van der Waals surface area contributed by atoms with Gasteiger partial charge in [-0.3, -0.25) is 4.98 Å². The highest BCUT2D eigenvalue weighted by Gasteiger charge is 2.10. The summed E-state index contributed by atoms with van der Waals surface area (Å²) >= 11 is 6.42. The maximum atomic E-state index is 6.42.